The zero-order valence-electron chi connectivity index (χ0n) is 11.4. The first-order valence-corrected chi connectivity index (χ1v) is 6.19. The number of carbonyl (C=O) groups excluding carboxylic acids is 1. The Morgan fingerprint density at radius 3 is 2.70 bits per heavy atom. The van der Waals surface area contributed by atoms with Crippen molar-refractivity contribution in [1.29, 1.82) is 0 Å². The molecular formula is C13H17N3O4. The predicted octanol–water partition coefficient (Wildman–Crippen LogP) is 0.169. The van der Waals surface area contributed by atoms with E-state index in [0.29, 0.717) is 24.5 Å². The van der Waals surface area contributed by atoms with E-state index in [2.05, 4.69) is 4.98 Å². The van der Waals surface area contributed by atoms with E-state index in [-0.39, 0.29) is 6.61 Å². The molecule has 7 nitrogen and oxygen atoms in total. The molecule has 1 saturated heterocycles. The molecule has 7 heteroatoms. The zero-order valence-corrected chi connectivity index (χ0v) is 11.4. The van der Waals surface area contributed by atoms with Gasteiger partial charge in [-0.25, -0.2) is 9.78 Å². The second kappa shape index (κ2) is 5.09. The number of nitrogens with zero attached hydrogens (tertiary/aromatic N) is 2. The average molecular weight is 279 g/mol. The number of aryl methyl sites for hydroxylation is 1. The van der Waals surface area contributed by atoms with Crippen LogP contribution in [0.1, 0.15) is 23.0 Å². The van der Waals surface area contributed by atoms with Crippen LogP contribution in [0.3, 0.4) is 0 Å². The minimum absolute atomic E-state index is 0.339. The van der Waals surface area contributed by atoms with Crippen LogP contribution in [0.15, 0.2) is 12.1 Å². The van der Waals surface area contributed by atoms with Crippen molar-refractivity contribution in [3.63, 3.8) is 0 Å². The molecule has 20 heavy (non-hydrogen) atoms. The fourth-order valence-corrected chi connectivity index (χ4v) is 2.21. The van der Waals surface area contributed by atoms with Crippen LogP contribution in [0, 0.1) is 6.92 Å². The maximum atomic E-state index is 11.4. The van der Waals surface area contributed by atoms with Crippen LogP contribution in [-0.4, -0.2) is 47.3 Å². The molecule has 2 heterocycles. The van der Waals surface area contributed by atoms with Gasteiger partial charge in [-0.2, -0.15) is 0 Å². The minimum atomic E-state index is -1.00. The van der Waals surface area contributed by atoms with Crippen LogP contribution in [0.4, 0.5) is 5.82 Å². The Labute approximate surface area is 116 Å². The van der Waals surface area contributed by atoms with E-state index in [1.807, 2.05) is 18.7 Å². The monoisotopic (exact) mass is 279 g/mol. The highest BCUT2D eigenvalue weighted by Gasteiger charge is 2.42. The maximum Gasteiger partial charge on any atom is 0.329 e. The quantitative estimate of drug-likeness (QED) is 0.795. The Balaban J connectivity index is 2.10. The lowest BCUT2D eigenvalue weighted by Gasteiger charge is -2.48. The van der Waals surface area contributed by atoms with Crippen molar-refractivity contribution < 1.29 is 19.4 Å². The number of anilines is 1. The van der Waals surface area contributed by atoms with Gasteiger partial charge < -0.3 is 20.5 Å². The summed E-state index contributed by atoms with van der Waals surface area (Å²) in [7, 11) is 0. The van der Waals surface area contributed by atoms with E-state index in [1.165, 1.54) is 0 Å². The number of pyridine rings is 1. The van der Waals surface area contributed by atoms with Gasteiger partial charge in [-0.05, 0) is 26.0 Å². The van der Waals surface area contributed by atoms with Crippen molar-refractivity contribution in [2.75, 3.05) is 24.6 Å². The van der Waals surface area contributed by atoms with E-state index in [0.717, 1.165) is 5.69 Å². The van der Waals surface area contributed by atoms with Gasteiger partial charge in [0, 0.05) is 5.69 Å². The number of hydrogen-bond donors (Lipinski definition) is 2. The standard InChI is InChI=1S/C13H17N3O4/c1-8-3-4-9(11(14)19)12(15-8)16-6-13(2,7-16)20-5-10(17)18/h3-4H,5-7H2,1-2H3,(H2,14,19)(H,17,18). The topological polar surface area (TPSA) is 106 Å². The van der Waals surface area contributed by atoms with Crippen LogP contribution < -0.4 is 10.6 Å². The molecule has 0 saturated carbocycles. The summed E-state index contributed by atoms with van der Waals surface area (Å²) in [6.45, 7) is 4.25. The number of carboxylic acid groups (broad SMARTS) is 1. The molecule has 3 N–H and O–H groups in total. The van der Waals surface area contributed by atoms with Crippen molar-refractivity contribution >= 4 is 17.7 Å². The van der Waals surface area contributed by atoms with Crippen molar-refractivity contribution in [3.8, 4) is 0 Å². The number of aromatic nitrogens is 1. The summed E-state index contributed by atoms with van der Waals surface area (Å²) >= 11 is 0. The molecule has 0 radical (unpaired) electrons. The van der Waals surface area contributed by atoms with Gasteiger partial charge in [0.2, 0.25) is 0 Å². The molecule has 0 unspecified atom stereocenters. The molecule has 1 aromatic rings. The van der Waals surface area contributed by atoms with E-state index < -0.39 is 17.5 Å². The number of carboxylic acids is 1. The van der Waals surface area contributed by atoms with Gasteiger partial charge in [-0.3, -0.25) is 4.79 Å². The van der Waals surface area contributed by atoms with Gasteiger partial charge >= 0.3 is 5.97 Å². The lowest BCUT2D eigenvalue weighted by atomic mass is 9.95. The molecule has 108 valence electrons. The first-order valence-electron chi connectivity index (χ1n) is 6.19. The smallest absolute Gasteiger partial charge is 0.329 e. The molecule has 0 atom stereocenters. The Morgan fingerprint density at radius 2 is 2.15 bits per heavy atom. The van der Waals surface area contributed by atoms with E-state index >= 15 is 0 Å². The summed E-state index contributed by atoms with van der Waals surface area (Å²) in [6.07, 6.45) is 0. The molecule has 0 aromatic carbocycles. The minimum Gasteiger partial charge on any atom is -0.480 e. The molecule has 0 aliphatic carbocycles. The van der Waals surface area contributed by atoms with E-state index in [1.54, 1.807) is 12.1 Å². The number of ether oxygens (including phenoxy) is 1. The number of aliphatic carboxylic acids is 1. The summed E-state index contributed by atoms with van der Waals surface area (Å²) in [4.78, 5) is 28.1. The number of carbonyl (C=O) groups is 2. The summed E-state index contributed by atoms with van der Waals surface area (Å²) < 4.78 is 5.32. The fourth-order valence-electron chi connectivity index (χ4n) is 2.21. The second-order valence-electron chi connectivity index (χ2n) is 5.18. The summed E-state index contributed by atoms with van der Waals surface area (Å²) in [6, 6.07) is 3.37. The zero-order chi connectivity index (χ0) is 14.9. The SMILES string of the molecule is Cc1ccc(C(N)=O)c(N2CC(C)(OCC(=O)O)C2)n1. The van der Waals surface area contributed by atoms with E-state index in [4.69, 9.17) is 15.6 Å². The third-order valence-electron chi connectivity index (χ3n) is 3.17. The molecule has 1 aromatic heterocycles. The van der Waals surface area contributed by atoms with Gasteiger partial charge in [0.25, 0.3) is 5.91 Å². The normalized spacial score (nSPS) is 16.6. The third kappa shape index (κ3) is 2.88. The molecule has 2 rings (SSSR count). The van der Waals surface area contributed by atoms with Crippen molar-refractivity contribution in [3.05, 3.63) is 23.4 Å². The van der Waals surface area contributed by atoms with Crippen LogP contribution in [0.25, 0.3) is 0 Å². The summed E-state index contributed by atoms with van der Waals surface area (Å²) in [5.41, 5.74) is 5.93. The molecule has 0 bridgehead atoms. The van der Waals surface area contributed by atoms with Gasteiger partial charge in [0.1, 0.15) is 18.0 Å². The van der Waals surface area contributed by atoms with Gasteiger partial charge in [-0.15, -0.1) is 0 Å². The number of hydrogen-bond acceptors (Lipinski definition) is 5. The summed E-state index contributed by atoms with van der Waals surface area (Å²) in [5.74, 6) is -1.02. The predicted molar refractivity (Wildman–Crippen MR) is 71.7 cm³/mol. The molecule has 1 amide bonds. The number of amides is 1. The molecule has 1 aliphatic heterocycles. The fraction of sp³-hybridized carbons (Fsp3) is 0.462. The van der Waals surface area contributed by atoms with Crippen molar-refractivity contribution in [1.82, 2.24) is 4.98 Å². The highest BCUT2D eigenvalue weighted by Crippen LogP contribution is 2.31. The second-order valence-corrected chi connectivity index (χ2v) is 5.18. The van der Waals surface area contributed by atoms with Gasteiger partial charge in [-0.1, -0.05) is 0 Å². The maximum absolute atomic E-state index is 11.4. The largest absolute Gasteiger partial charge is 0.480 e. The lowest BCUT2D eigenvalue weighted by Crippen LogP contribution is -2.62. The highest BCUT2D eigenvalue weighted by atomic mass is 16.5. The molecule has 1 fully saturated rings. The number of nitrogens with two attached hydrogens (primary N) is 1. The van der Waals surface area contributed by atoms with Crippen LogP contribution >= 0.6 is 0 Å². The Hall–Kier alpha value is -2.15. The molecule has 1 aliphatic rings. The third-order valence-corrected chi connectivity index (χ3v) is 3.17. The lowest BCUT2D eigenvalue weighted by molar-refractivity contribution is -0.150. The summed E-state index contributed by atoms with van der Waals surface area (Å²) in [5, 5.41) is 8.62. The van der Waals surface area contributed by atoms with Crippen LogP contribution in [0.5, 0.6) is 0 Å². The average Bonchev–Trinajstić information content (AvgIpc) is 2.32. The van der Waals surface area contributed by atoms with E-state index in [9.17, 15) is 9.59 Å². The number of rotatable bonds is 5. The van der Waals surface area contributed by atoms with Gasteiger partial charge in [0.15, 0.2) is 0 Å². The highest BCUT2D eigenvalue weighted by molar-refractivity contribution is 5.97. The Kier molecular flexibility index (Phi) is 3.63. The van der Waals surface area contributed by atoms with Gasteiger partial charge in [0.05, 0.1) is 18.7 Å². The first kappa shape index (κ1) is 14.3. The Bertz CT molecular complexity index is 553. The molecule has 0 spiro atoms. The number of primary amides is 1. The van der Waals surface area contributed by atoms with Crippen LogP contribution in [0.2, 0.25) is 0 Å². The molecular weight excluding hydrogens is 262 g/mol. The van der Waals surface area contributed by atoms with Crippen molar-refractivity contribution in [2.45, 2.75) is 19.4 Å². The Morgan fingerprint density at radius 1 is 1.50 bits per heavy atom. The van der Waals surface area contributed by atoms with Crippen LogP contribution in [-0.2, 0) is 9.53 Å². The first-order chi connectivity index (χ1) is 9.31. The van der Waals surface area contributed by atoms with Crippen molar-refractivity contribution in [2.24, 2.45) is 5.73 Å².